The van der Waals surface area contributed by atoms with Crippen molar-refractivity contribution in [1.82, 2.24) is 9.62 Å². The Morgan fingerprint density at radius 2 is 1.68 bits per heavy atom. The van der Waals surface area contributed by atoms with Crippen molar-refractivity contribution in [2.75, 3.05) is 19.6 Å². The van der Waals surface area contributed by atoms with Crippen molar-refractivity contribution in [2.24, 2.45) is 5.92 Å². The molecule has 6 heteroatoms. The van der Waals surface area contributed by atoms with Crippen LogP contribution in [0.5, 0.6) is 0 Å². The van der Waals surface area contributed by atoms with Crippen LogP contribution >= 0.6 is 0 Å². The molecule has 1 heterocycles. The Morgan fingerprint density at radius 3 is 2.24 bits per heavy atom. The van der Waals surface area contributed by atoms with Gasteiger partial charge in [0.05, 0.1) is 4.90 Å². The van der Waals surface area contributed by atoms with Crippen LogP contribution in [0.2, 0.25) is 0 Å². The molecule has 1 aromatic carbocycles. The molecule has 0 aromatic heterocycles. The van der Waals surface area contributed by atoms with Gasteiger partial charge in [-0.25, -0.2) is 8.42 Å². The highest BCUT2D eigenvalue weighted by molar-refractivity contribution is 7.89. The number of carbonyl (C=O) groups is 1. The number of hydrogen-bond donors (Lipinski definition) is 1. The van der Waals surface area contributed by atoms with Crippen LogP contribution in [0.15, 0.2) is 29.2 Å². The number of benzene rings is 1. The fraction of sp³-hybridized carbons (Fsp3) is 0.632. The summed E-state index contributed by atoms with van der Waals surface area (Å²) in [6, 6.07) is 6.98. The molecular formula is C19H30N2O3S. The second-order valence-electron chi connectivity index (χ2n) is 7.16. The molecule has 0 unspecified atom stereocenters. The van der Waals surface area contributed by atoms with Crippen molar-refractivity contribution in [2.45, 2.75) is 57.3 Å². The molecule has 25 heavy (non-hydrogen) atoms. The van der Waals surface area contributed by atoms with Gasteiger partial charge in [0.25, 0.3) is 0 Å². The summed E-state index contributed by atoms with van der Waals surface area (Å²) in [5.74, 6) is 0.474. The molecule has 0 bridgehead atoms. The first-order valence-corrected chi connectivity index (χ1v) is 10.7. The molecule has 140 valence electrons. The minimum absolute atomic E-state index is 0.0370. The maximum atomic E-state index is 12.7. The van der Waals surface area contributed by atoms with Crippen molar-refractivity contribution in [1.29, 1.82) is 0 Å². The van der Waals surface area contributed by atoms with Gasteiger partial charge in [0.1, 0.15) is 0 Å². The number of rotatable bonds is 7. The van der Waals surface area contributed by atoms with Gasteiger partial charge in [0.15, 0.2) is 0 Å². The molecule has 0 atom stereocenters. The summed E-state index contributed by atoms with van der Waals surface area (Å²) in [6.07, 6.45) is 5.11. The van der Waals surface area contributed by atoms with Crippen LogP contribution < -0.4 is 5.32 Å². The van der Waals surface area contributed by atoms with Crippen LogP contribution in [0.25, 0.3) is 0 Å². The second-order valence-corrected chi connectivity index (χ2v) is 9.10. The van der Waals surface area contributed by atoms with Crippen LogP contribution in [0.4, 0.5) is 0 Å². The summed E-state index contributed by atoms with van der Waals surface area (Å²) in [5.41, 5.74) is 0.981. The lowest BCUT2D eigenvalue weighted by atomic mass is 10.1. The molecule has 1 fully saturated rings. The Kier molecular flexibility index (Phi) is 7.44. The van der Waals surface area contributed by atoms with Crippen molar-refractivity contribution in [3.63, 3.8) is 0 Å². The lowest BCUT2D eigenvalue weighted by molar-refractivity contribution is -0.121. The summed E-state index contributed by atoms with van der Waals surface area (Å²) in [6.45, 7) is 6.03. The molecule has 0 radical (unpaired) electrons. The van der Waals surface area contributed by atoms with Gasteiger partial charge in [-0.3, -0.25) is 4.79 Å². The van der Waals surface area contributed by atoms with Crippen molar-refractivity contribution in [3.8, 4) is 0 Å². The maximum Gasteiger partial charge on any atom is 0.243 e. The zero-order valence-electron chi connectivity index (χ0n) is 15.3. The average molecular weight is 367 g/mol. The Balaban J connectivity index is 1.93. The van der Waals surface area contributed by atoms with E-state index in [9.17, 15) is 13.2 Å². The normalized spacial score (nSPS) is 16.6. The smallest absolute Gasteiger partial charge is 0.243 e. The minimum atomic E-state index is -3.40. The number of hydrogen-bond acceptors (Lipinski definition) is 3. The summed E-state index contributed by atoms with van der Waals surface area (Å²) in [4.78, 5) is 12.1. The fourth-order valence-corrected chi connectivity index (χ4v) is 4.44. The van der Waals surface area contributed by atoms with Gasteiger partial charge >= 0.3 is 0 Å². The standard InChI is InChI=1S/C19H30N2O3S/c1-16(2)15-20-19(22)12-9-17-7-10-18(11-8-17)25(23,24)21-13-5-3-4-6-14-21/h7-8,10-11,16H,3-6,9,12-15H2,1-2H3,(H,20,22). The molecule has 0 aliphatic carbocycles. The molecule has 2 rings (SSSR count). The van der Waals surface area contributed by atoms with Gasteiger partial charge < -0.3 is 5.32 Å². The van der Waals surface area contributed by atoms with Gasteiger partial charge in [-0.15, -0.1) is 0 Å². The number of nitrogens with zero attached hydrogens (tertiary/aromatic N) is 1. The van der Waals surface area contributed by atoms with E-state index in [0.717, 1.165) is 31.2 Å². The summed E-state index contributed by atoms with van der Waals surface area (Å²) in [5, 5.41) is 2.90. The molecule has 5 nitrogen and oxygen atoms in total. The van der Waals surface area contributed by atoms with E-state index in [1.165, 1.54) is 0 Å². The topological polar surface area (TPSA) is 66.5 Å². The first-order valence-electron chi connectivity index (χ1n) is 9.25. The minimum Gasteiger partial charge on any atom is -0.356 e. The van der Waals surface area contributed by atoms with Crippen LogP contribution in [-0.4, -0.2) is 38.3 Å². The second kappa shape index (κ2) is 9.34. The van der Waals surface area contributed by atoms with Crippen molar-refractivity contribution in [3.05, 3.63) is 29.8 Å². The Labute approximate surface area is 151 Å². The summed E-state index contributed by atoms with van der Waals surface area (Å²) >= 11 is 0. The molecule has 0 spiro atoms. The first kappa shape index (κ1) is 19.9. The first-order chi connectivity index (χ1) is 11.9. The van der Waals surface area contributed by atoms with Gasteiger partial charge in [-0.1, -0.05) is 38.8 Å². The van der Waals surface area contributed by atoms with Crippen LogP contribution in [0, 0.1) is 5.92 Å². The van der Waals surface area contributed by atoms with E-state index in [1.807, 2.05) is 12.1 Å². The zero-order chi connectivity index (χ0) is 18.3. The van der Waals surface area contributed by atoms with Gasteiger partial charge in [0, 0.05) is 26.1 Å². The maximum absolute atomic E-state index is 12.7. The third-order valence-corrected chi connectivity index (χ3v) is 6.39. The lowest BCUT2D eigenvalue weighted by Gasteiger charge is -2.20. The van der Waals surface area contributed by atoms with Gasteiger partial charge in [-0.2, -0.15) is 4.31 Å². The predicted octanol–water partition coefficient (Wildman–Crippen LogP) is 2.96. The summed E-state index contributed by atoms with van der Waals surface area (Å²) in [7, 11) is -3.40. The van der Waals surface area contributed by atoms with E-state index in [2.05, 4.69) is 19.2 Å². The lowest BCUT2D eigenvalue weighted by Crippen LogP contribution is -2.31. The molecule has 0 saturated carbocycles. The molecular weight excluding hydrogens is 336 g/mol. The largest absolute Gasteiger partial charge is 0.356 e. The van der Waals surface area contributed by atoms with E-state index in [0.29, 0.717) is 43.3 Å². The van der Waals surface area contributed by atoms with Crippen molar-refractivity contribution < 1.29 is 13.2 Å². The zero-order valence-corrected chi connectivity index (χ0v) is 16.1. The number of carbonyl (C=O) groups excluding carboxylic acids is 1. The quantitative estimate of drug-likeness (QED) is 0.807. The summed E-state index contributed by atoms with van der Waals surface area (Å²) < 4.78 is 27.1. The molecule has 1 aliphatic heterocycles. The molecule has 1 N–H and O–H groups in total. The Hall–Kier alpha value is -1.40. The number of sulfonamides is 1. The SMILES string of the molecule is CC(C)CNC(=O)CCc1ccc(S(=O)(=O)N2CCCCCC2)cc1. The van der Waals surface area contributed by atoms with E-state index in [4.69, 9.17) is 0 Å². The highest BCUT2D eigenvalue weighted by Gasteiger charge is 2.24. The Morgan fingerprint density at radius 1 is 1.08 bits per heavy atom. The van der Waals surface area contributed by atoms with Crippen LogP contribution in [0.1, 0.15) is 51.5 Å². The van der Waals surface area contributed by atoms with Crippen molar-refractivity contribution >= 4 is 15.9 Å². The molecule has 1 saturated heterocycles. The van der Waals surface area contributed by atoms with Gasteiger partial charge in [0.2, 0.25) is 15.9 Å². The molecule has 1 aliphatic rings. The number of aryl methyl sites for hydroxylation is 1. The average Bonchev–Trinajstić information content (AvgIpc) is 2.88. The highest BCUT2D eigenvalue weighted by Crippen LogP contribution is 2.21. The molecule has 1 amide bonds. The third-order valence-electron chi connectivity index (χ3n) is 4.47. The van der Waals surface area contributed by atoms with E-state index >= 15 is 0 Å². The number of amides is 1. The highest BCUT2D eigenvalue weighted by atomic mass is 32.2. The molecule has 1 aromatic rings. The van der Waals surface area contributed by atoms with E-state index < -0.39 is 10.0 Å². The third kappa shape index (κ3) is 6.12. The van der Waals surface area contributed by atoms with Crippen LogP contribution in [-0.2, 0) is 21.2 Å². The van der Waals surface area contributed by atoms with Gasteiger partial charge in [-0.05, 0) is 42.9 Å². The fourth-order valence-electron chi connectivity index (χ4n) is 2.92. The number of nitrogens with one attached hydrogen (secondary N) is 1. The predicted molar refractivity (Wildman–Crippen MR) is 99.8 cm³/mol. The Bertz CT molecular complexity index is 646. The van der Waals surface area contributed by atoms with Crippen LogP contribution in [0.3, 0.4) is 0 Å². The van der Waals surface area contributed by atoms with E-state index in [-0.39, 0.29) is 5.91 Å². The monoisotopic (exact) mass is 366 g/mol. The van der Waals surface area contributed by atoms with E-state index in [1.54, 1.807) is 16.4 Å².